The summed E-state index contributed by atoms with van der Waals surface area (Å²) < 4.78 is 33.7. The molecule has 0 atom stereocenters. The normalized spacial score (nSPS) is 10.4. The molecule has 0 unspecified atom stereocenters. The van der Waals surface area contributed by atoms with Gasteiger partial charge < -0.3 is 9.72 Å². The van der Waals surface area contributed by atoms with Gasteiger partial charge in [0.1, 0.15) is 17.1 Å². The Kier molecular flexibility index (Phi) is 5.89. The van der Waals surface area contributed by atoms with E-state index in [2.05, 4.69) is 14.8 Å². The van der Waals surface area contributed by atoms with Gasteiger partial charge in [0.05, 0.1) is 12.5 Å². The molecule has 0 aliphatic rings. The minimum atomic E-state index is -0.978. The number of H-pyrrole nitrogens is 1. The van der Waals surface area contributed by atoms with E-state index >= 15 is 0 Å². The molecule has 25 heavy (non-hydrogen) atoms. The first kappa shape index (κ1) is 18.6. The molecule has 2 heterocycles. The minimum absolute atomic E-state index is 0.201. The lowest BCUT2D eigenvalue weighted by Crippen LogP contribution is -2.16. The Morgan fingerprint density at radius 3 is 2.44 bits per heavy atom. The average molecular weight is 351 g/mol. The Bertz CT molecular complexity index is 844. The fourth-order valence-corrected chi connectivity index (χ4v) is 2.24. The number of pyridine rings is 1. The number of anilines is 1. The van der Waals surface area contributed by atoms with Crippen LogP contribution in [0.25, 0.3) is 11.0 Å². The quantitative estimate of drug-likeness (QED) is 0.665. The van der Waals surface area contributed by atoms with Crippen LogP contribution >= 0.6 is 0 Å². The number of rotatable bonds is 4. The Morgan fingerprint density at radius 2 is 1.84 bits per heavy atom. The molecule has 0 aliphatic heterocycles. The summed E-state index contributed by atoms with van der Waals surface area (Å²) in [7, 11) is 1.16. The Morgan fingerprint density at radius 1 is 1.20 bits per heavy atom. The van der Waals surface area contributed by atoms with Crippen LogP contribution in [-0.2, 0) is 4.84 Å². The maximum atomic E-state index is 14.1. The van der Waals surface area contributed by atoms with Crippen LogP contribution < -0.4 is 9.96 Å². The summed E-state index contributed by atoms with van der Waals surface area (Å²) in [5.41, 5.74) is 1.19. The molecular weight excluding hydrogens is 332 g/mol. The van der Waals surface area contributed by atoms with E-state index in [0.717, 1.165) is 24.8 Å². The fourth-order valence-electron chi connectivity index (χ4n) is 2.24. The molecule has 0 radical (unpaired) electrons. The van der Waals surface area contributed by atoms with Crippen LogP contribution in [0.15, 0.2) is 30.6 Å². The van der Waals surface area contributed by atoms with Crippen molar-refractivity contribution < 1.29 is 23.6 Å². The maximum Gasteiger partial charge on any atom is 0.198 e. The van der Waals surface area contributed by atoms with Crippen LogP contribution in [0, 0.1) is 18.6 Å². The van der Waals surface area contributed by atoms with Crippen LogP contribution in [-0.4, -0.2) is 22.3 Å². The summed E-state index contributed by atoms with van der Waals surface area (Å²) in [5, 5.41) is 10.2. The van der Waals surface area contributed by atoms with Gasteiger partial charge in [0, 0.05) is 24.5 Å². The molecular formula is C17H19F2N3O3. The van der Waals surface area contributed by atoms with Crippen molar-refractivity contribution in [1.82, 2.24) is 9.97 Å². The predicted octanol–water partition coefficient (Wildman–Crippen LogP) is 4.73. The van der Waals surface area contributed by atoms with Crippen molar-refractivity contribution in [2.75, 3.05) is 12.3 Å². The highest BCUT2D eigenvalue weighted by Crippen LogP contribution is 2.35. The molecule has 0 aliphatic carbocycles. The molecule has 0 spiro atoms. The zero-order valence-corrected chi connectivity index (χ0v) is 14.3. The van der Waals surface area contributed by atoms with E-state index in [4.69, 9.17) is 4.74 Å². The molecule has 0 amide bonds. The largest absolute Gasteiger partial charge is 0.450 e. The number of aromatic nitrogens is 2. The third-order valence-electron chi connectivity index (χ3n) is 3.32. The van der Waals surface area contributed by atoms with Gasteiger partial charge >= 0.3 is 0 Å². The molecule has 6 nitrogen and oxygen atoms in total. The highest BCUT2D eigenvalue weighted by atomic mass is 19.1. The topological polar surface area (TPSA) is 70.6 Å². The van der Waals surface area contributed by atoms with Crippen molar-refractivity contribution in [1.29, 1.82) is 0 Å². The smallest absolute Gasteiger partial charge is 0.198 e. The maximum absolute atomic E-state index is 14.1. The molecule has 2 N–H and O–H groups in total. The standard InChI is InChI=1S/C15H13F2N3O3.C2H6/c1-8-7-19-15-13(8)12(3-4-18-15)23-14-10(16)5-9(6-11(14)17)20(21)22-2;1-2/h3-7,21H,1-2H3,(H,18,19);1-2H3. The van der Waals surface area contributed by atoms with Gasteiger partial charge in [-0.05, 0) is 18.6 Å². The second-order valence-electron chi connectivity index (χ2n) is 4.80. The summed E-state index contributed by atoms with van der Waals surface area (Å²) in [6.45, 7) is 5.82. The Labute approximate surface area is 143 Å². The Hall–Kier alpha value is -2.71. The lowest BCUT2D eigenvalue weighted by molar-refractivity contribution is -0.0112. The first-order valence-corrected chi connectivity index (χ1v) is 7.64. The minimum Gasteiger partial charge on any atom is -0.450 e. The summed E-state index contributed by atoms with van der Waals surface area (Å²) in [6, 6.07) is 3.30. The zero-order valence-electron chi connectivity index (χ0n) is 14.3. The summed E-state index contributed by atoms with van der Waals surface area (Å²) in [5.74, 6) is -2.26. The predicted molar refractivity (Wildman–Crippen MR) is 89.9 cm³/mol. The molecule has 3 aromatic rings. The number of halogens is 2. The first-order valence-electron chi connectivity index (χ1n) is 7.64. The second kappa shape index (κ2) is 7.91. The fraction of sp³-hybridized carbons (Fsp3) is 0.235. The third kappa shape index (κ3) is 3.70. The van der Waals surface area contributed by atoms with Gasteiger partial charge in [0.15, 0.2) is 17.4 Å². The molecule has 0 bridgehead atoms. The first-order chi connectivity index (χ1) is 12.0. The number of hydrogen-bond donors (Lipinski definition) is 2. The van der Waals surface area contributed by atoms with Crippen LogP contribution in [0.3, 0.4) is 0 Å². The number of aromatic amines is 1. The molecule has 1 aromatic carbocycles. The number of hydrogen-bond acceptors (Lipinski definition) is 5. The van der Waals surface area contributed by atoms with Crippen LogP contribution in [0.2, 0.25) is 0 Å². The van der Waals surface area contributed by atoms with Crippen molar-refractivity contribution in [2.45, 2.75) is 20.8 Å². The van der Waals surface area contributed by atoms with Crippen molar-refractivity contribution in [2.24, 2.45) is 0 Å². The van der Waals surface area contributed by atoms with Gasteiger partial charge in [-0.2, -0.15) is 0 Å². The highest BCUT2D eigenvalue weighted by molar-refractivity contribution is 5.86. The lowest BCUT2D eigenvalue weighted by atomic mass is 10.2. The number of nitrogens with zero attached hydrogens (tertiary/aromatic N) is 2. The lowest BCUT2D eigenvalue weighted by Gasteiger charge is -2.15. The summed E-state index contributed by atoms with van der Waals surface area (Å²) in [4.78, 5) is 11.5. The van der Waals surface area contributed by atoms with E-state index in [1.165, 1.54) is 12.3 Å². The molecule has 0 fully saturated rings. The molecule has 3 rings (SSSR count). The highest BCUT2D eigenvalue weighted by Gasteiger charge is 2.18. The van der Waals surface area contributed by atoms with E-state index in [9.17, 15) is 14.0 Å². The molecule has 0 saturated carbocycles. The molecule has 2 aromatic heterocycles. The number of ether oxygens (including phenoxy) is 1. The van der Waals surface area contributed by atoms with E-state index in [0.29, 0.717) is 11.0 Å². The second-order valence-corrected chi connectivity index (χ2v) is 4.80. The summed E-state index contributed by atoms with van der Waals surface area (Å²) >= 11 is 0. The van der Waals surface area contributed by atoms with E-state index < -0.39 is 17.4 Å². The zero-order chi connectivity index (χ0) is 18.6. The number of nitrogens with one attached hydrogen (secondary N) is 1. The van der Waals surface area contributed by atoms with Crippen molar-refractivity contribution in [3.63, 3.8) is 0 Å². The van der Waals surface area contributed by atoms with Gasteiger partial charge in [0.2, 0.25) is 0 Å². The number of benzene rings is 1. The van der Waals surface area contributed by atoms with Crippen LogP contribution in [0.1, 0.15) is 19.4 Å². The van der Waals surface area contributed by atoms with E-state index in [-0.39, 0.29) is 16.7 Å². The summed E-state index contributed by atoms with van der Waals surface area (Å²) in [6.07, 6.45) is 3.20. The monoisotopic (exact) mass is 351 g/mol. The van der Waals surface area contributed by atoms with Gasteiger partial charge in [-0.1, -0.05) is 13.8 Å². The molecule has 134 valence electrons. The Balaban J connectivity index is 0.00000109. The van der Waals surface area contributed by atoms with Crippen LogP contribution in [0.4, 0.5) is 14.5 Å². The van der Waals surface area contributed by atoms with Crippen LogP contribution in [0.5, 0.6) is 11.5 Å². The van der Waals surface area contributed by atoms with Gasteiger partial charge in [-0.15, -0.1) is 5.23 Å². The molecule has 8 heteroatoms. The van der Waals surface area contributed by atoms with Crippen molar-refractivity contribution in [3.8, 4) is 11.5 Å². The average Bonchev–Trinajstić information content (AvgIpc) is 3.01. The number of aryl methyl sites for hydroxylation is 1. The van der Waals surface area contributed by atoms with Gasteiger partial charge in [0.25, 0.3) is 0 Å². The van der Waals surface area contributed by atoms with Gasteiger partial charge in [-0.25, -0.2) is 13.8 Å². The van der Waals surface area contributed by atoms with Gasteiger partial charge in [-0.3, -0.25) is 10.0 Å². The van der Waals surface area contributed by atoms with Crippen molar-refractivity contribution >= 4 is 16.7 Å². The SMILES string of the molecule is CC.CON(O)c1cc(F)c(Oc2ccnc3[nH]cc(C)c23)c(F)c1. The third-order valence-corrected chi connectivity index (χ3v) is 3.32. The number of fused-ring (bicyclic) bond motifs is 1. The van der Waals surface area contributed by atoms with Crippen molar-refractivity contribution in [3.05, 3.63) is 47.8 Å². The van der Waals surface area contributed by atoms with E-state index in [1.807, 2.05) is 20.8 Å². The molecule has 0 saturated heterocycles. The van der Waals surface area contributed by atoms with E-state index in [1.54, 1.807) is 6.20 Å².